The molecule has 0 saturated carbocycles. The van der Waals surface area contributed by atoms with Crippen LogP contribution in [0.15, 0.2) is 72.9 Å². The molecule has 33 heavy (non-hydrogen) atoms. The maximum atomic E-state index is 13.0. The first kappa shape index (κ1) is 20.9. The summed E-state index contributed by atoms with van der Waals surface area (Å²) in [5, 5.41) is 12.9. The third-order valence-corrected chi connectivity index (χ3v) is 6.01. The summed E-state index contributed by atoms with van der Waals surface area (Å²) in [6.45, 7) is 1.47. The van der Waals surface area contributed by atoms with Gasteiger partial charge in [-0.1, -0.05) is 18.2 Å². The lowest BCUT2D eigenvalue weighted by atomic mass is 9.97. The van der Waals surface area contributed by atoms with Crippen molar-refractivity contribution in [1.29, 1.82) is 0 Å². The van der Waals surface area contributed by atoms with Crippen molar-refractivity contribution in [3.63, 3.8) is 0 Å². The maximum Gasteiger partial charge on any atom is 0.229 e. The Labute approximate surface area is 192 Å². The largest absolute Gasteiger partial charge is 0.497 e. The van der Waals surface area contributed by atoms with Crippen molar-refractivity contribution in [3.05, 3.63) is 72.9 Å². The highest BCUT2D eigenvalue weighted by atomic mass is 16.5. The molecule has 0 aliphatic carbocycles. The number of ether oxygens (including phenoxy) is 1. The molecule has 4 aromatic rings. The molecule has 3 heterocycles. The summed E-state index contributed by atoms with van der Waals surface area (Å²) >= 11 is 0. The number of carbonyl (C=O) groups is 1. The summed E-state index contributed by atoms with van der Waals surface area (Å²) in [4.78, 5) is 19.5. The van der Waals surface area contributed by atoms with Gasteiger partial charge in [-0.3, -0.25) is 9.78 Å². The van der Waals surface area contributed by atoms with Crippen LogP contribution in [0.2, 0.25) is 0 Å². The number of aromatic nitrogens is 3. The number of fused-ring (bicyclic) bond motifs is 1. The first-order valence-corrected chi connectivity index (χ1v) is 11.1. The van der Waals surface area contributed by atoms with E-state index in [1.54, 1.807) is 13.3 Å². The third kappa shape index (κ3) is 4.62. The van der Waals surface area contributed by atoms with Crippen molar-refractivity contribution in [1.82, 2.24) is 15.2 Å². The number of pyridine rings is 1. The minimum atomic E-state index is -0.117. The fraction of sp³-hybridized carbons (Fsp3) is 0.231. The Morgan fingerprint density at radius 2 is 1.91 bits per heavy atom. The first-order chi connectivity index (χ1) is 16.2. The molecule has 7 heteroatoms. The van der Waals surface area contributed by atoms with Crippen LogP contribution < -0.4 is 15.0 Å². The Morgan fingerprint density at radius 1 is 1.06 bits per heavy atom. The van der Waals surface area contributed by atoms with Crippen LogP contribution in [-0.2, 0) is 4.79 Å². The fourth-order valence-electron chi connectivity index (χ4n) is 4.19. The summed E-state index contributed by atoms with van der Waals surface area (Å²) in [6.07, 6.45) is 3.49. The smallest absolute Gasteiger partial charge is 0.229 e. The molecule has 1 unspecified atom stereocenters. The van der Waals surface area contributed by atoms with Gasteiger partial charge in [0.05, 0.1) is 36.1 Å². The second kappa shape index (κ2) is 9.24. The van der Waals surface area contributed by atoms with Gasteiger partial charge in [0.1, 0.15) is 5.75 Å². The highest BCUT2D eigenvalue weighted by molar-refractivity contribution is 5.95. The number of para-hydroxylation sites is 1. The van der Waals surface area contributed by atoms with Crippen LogP contribution in [0.1, 0.15) is 12.8 Å². The van der Waals surface area contributed by atoms with Gasteiger partial charge in [-0.15, -0.1) is 10.2 Å². The molecule has 1 aliphatic heterocycles. The van der Waals surface area contributed by atoms with Crippen molar-refractivity contribution < 1.29 is 9.53 Å². The molecule has 5 rings (SSSR count). The van der Waals surface area contributed by atoms with Gasteiger partial charge in [-0.05, 0) is 61.4 Å². The van der Waals surface area contributed by atoms with Gasteiger partial charge in [-0.25, -0.2) is 0 Å². The summed E-state index contributed by atoms with van der Waals surface area (Å²) in [5.74, 6) is 1.49. The highest BCUT2D eigenvalue weighted by Crippen LogP contribution is 2.25. The standard InChI is InChI=1S/C26H25N5O2/c1-33-22-10-8-18(9-11-22)24-12-13-25(30-29-24)31-14-4-6-20(17-31)26(32)28-21-15-19-5-2-3-7-23(19)27-16-21/h2-3,5,7-13,15-16,20H,4,6,14,17H2,1H3,(H,28,32). The Bertz CT molecular complexity index is 1260. The average molecular weight is 440 g/mol. The van der Waals surface area contributed by atoms with E-state index in [0.29, 0.717) is 6.54 Å². The number of carbonyl (C=O) groups excluding carboxylic acids is 1. The summed E-state index contributed by atoms with van der Waals surface area (Å²) < 4.78 is 5.21. The van der Waals surface area contributed by atoms with Gasteiger partial charge >= 0.3 is 0 Å². The molecule has 0 spiro atoms. The van der Waals surface area contributed by atoms with Gasteiger partial charge < -0.3 is 15.0 Å². The van der Waals surface area contributed by atoms with E-state index in [2.05, 4.69) is 25.4 Å². The van der Waals surface area contributed by atoms with Crippen LogP contribution in [-0.4, -0.2) is 41.3 Å². The monoisotopic (exact) mass is 439 g/mol. The van der Waals surface area contributed by atoms with Crippen LogP contribution in [0.3, 0.4) is 0 Å². The van der Waals surface area contributed by atoms with E-state index in [-0.39, 0.29) is 11.8 Å². The molecule has 2 aromatic carbocycles. The predicted molar refractivity (Wildman–Crippen MR) is 129 cm³/mol. The van der Waals surface area contributed by atoms with E-state index >= 15 is 0 Å². The molecular formula is C26H25N5O2. The van der Waals surface area contributed by atoms with Crippen LogP contribution >= 0.6 is 0 Å². The average Bonchev–Trinajstić information content (AvgIpc) is 2.89. The lowest BCUT2D eigenvalue weighted by molar-refractivity contribution is -0.120. The second-order valence-electron chi connectivity index (χ2n) is 8.20. The summed E-state index contributed by atoms with van der Waals surface area (Å²) in [7, 11) is 1.65. The number of anilines is 2. The van der Waals surface area contributed by atoms with E-state index in [1.807, 2.05) is 66.7 Å². The molecule has 2 aromatic heterocycles. The molecule has 0 radical (unpaired) electrons. The Balaban J connectivity index is 1.25. The van der Waals surface area contributed by atoms with E-state index in [9.17, 15) is 4.79 Å². The molecule has 7 nitrogen and oxygen atoms in total. The normalized spacial score (nSPS) is 15.9. The number of benzene rings is 2. The Hall–Kier alpha value is -4.00. The molecular weight excluding hydrogens is 414 g/mol. The molecule has 0 bridgehead atoms. The topological polar surface area (TPSA) is 80.2 Å². The Kier molecular flexibility index (Phi) is 5.85. The maximum absolute atomic E-state index is 13.0. The summed E-state index contributed by atoms with van der Waals surface area (Å²) in [5.41, 5.74) is 3.42. The van der Waals surface area contributed by atoms with Crippen molar-refractivity contribution >= 4 is 28.3 Å². The van der Waals surface area contributed by atoms with Gasteiger partial charge in [0, 0.05) is 24.0 Å². The lowest BCUT2D eigenvalue weighted by Gasteiger charge is -2.32. The fourth-order valence-corrected chi connectivity index (χ4v) is 4.19. The van der Waals surface area contributed by atoms with Gasteiger partial charge in [0.25, 0.3) is 0 Å². The number of methoxy groups -OCH3 is 1. The quantitative estimate of drug-likeness (QED) is 0.491. The van der Waals surface area contributed by atoms with Crippen molar-refractivity contribution in [2.45, 2.75) is 12.8 Å². The second-order valence-corrected chi connectivity index (χ2v) is 8.20. The van der Waals surface area contributed by atoms with E-state index in [0.717, 1.165) is 58.8 Å². The van der Waals surface area contributed by atoms with E-state index < -0.39 is 0 Å². The zero-order chi connectivity index (χ0) is 22.6. The highest BCUT2D eigenvalue weighted by Gasteiger charge is 2.27. The number of rotatable bonds is 5. The number of piperidine rings is 1. The number of hydrogen-bond donors (Lipinski definition) is 1. The number of amides is 1. The van der Waals surface area contributed by atoms with Crippen LogP contribution in [0.4, 0.5) is 11.5 Å². The molecule has 1 amide bonds. The van der Waals surface area contributed by atoms with Gasteiger partial charge in [-0.2, -0.15) is 0 Å². The molecule has 1 fully saturated rings. The zero-order valence-electron chi connectivity index (χ0n) is 18.4. The SMILES string of the molecule is COc1ccc(-c2ccc(N3CCCC(C(=O)Nc4cnc5ccccc5c4)C3)nn2)cc1. The molecule has 1 saturated heterocycles. The molecule has 166 valence electrons. The first-order valence-electron chi connectivity index (χ1n) is 11.1. The van der Waals surface area contributed by atoms with Crippen molar-refractivity contribution in [2.24, 2.45) is 5.92 Å². The van der Waals surface area contributed by atoms with E-state index in [4.69, 9.17) is 4.74 Å². The van der Waals surface area contributed by atoms with Crippen LogP contribution in [0.5, 0.6) is 5.75 Å². The lowest BCUT2D eigenvalue weighted by Crippen LogP contribution is -2.41. The summed E-state index contributed by atoms with van der Waals surface area (Å²) in [6, 6.07) is 21.5. The zero-order valence-corrected chi connectivity index (χ0v) is 18.4. The Morgan fingerprint density at radius 3 is 2.70 bits per heavy atom. The van der Waals surface area contributed by atoms with Crippen LogP contribution in [0, 0.1) is 5.92 Å². The van der Waals surface area contributed by atoms with Crippen molar-refractivity contribution in [3.8, 4) is 17.0 Å². The minimum Gasteiger partial charge on any atom is -0.497 e. The molecule has 1 aliphatic rings. The van der Waals surface area contributed by atoms with Gasteiger partial charge in [0.15, 0.2) is 5.82 Å². The molecule has 1 N–H and O–H groups in total. The van der Waals surface area contributed by atoms with E-state index in [1.165, 1.54) is 0 Å². The van der Waals surface area contributed by atoms with Crippen LogP contribution in [0.25, 0.3) is 22.2 Å². The third-order valence-electron chi connectivity index (χ3n) is 6.01. The number of nitrogens with one attached hydrogen (secondary N) is 1. The number of hydrogen-bond acceptors (Lipinski definition) is 6. The van der Waals surface area contributed by atoms with Crippen molar-refractivity contribution in [2.75, 3.05) is 30.4 Å². The predicted octanol–water partition coefficient (Wildman–Crippen LogP) is 4.56. The van der Waals surface area contributed by atoms with Gasteiger partial charge in [0.2, 0.25) is 5.91 Å². The number of nitrogens with zero attached hydrogens (tertiary/aromatic N) is 4. The molecule has 1 atom stereocenters. The minimum absolute atomic E-state index is 0.0135.